The first kappa shape index (κ1) is 21.2. The lowest BCUT2D eigenvalue weighted by atomic mass is 9.83. The second-order valence-electron chi connectivity index (χ2n) is 6.90. The summed E-state index contributed by atoms with van der Waals surface area (Å²) < 4.78 is 19.6. The van der Waals surface area contributed by atoms with Crippen molar-refractivity contribution in [3.05, 3.63) is 86.9 Å². The van der Waals surface area contributed by atoms with E-state index in [1.165, 1.54) is 29.2 Å². The maximum atomic E-state index is 14.5. The van der Waals surface area contributed by atoms with Crippen molar-refractivity contribution in [1.29, 1.82) is 0 Å². The minimum atomic E-state index is -0.765. The van der Waals surface area contributed by atoms with Gasteiger partial charge in [0.2, 0.25) is 5.91 Å². The zero-order valence-corrected chi connectivity index (χ0v) is 16.6. The maximum Gasteiger partial charge on any atom is 0.336 e. The van der Waals surface area contributed by atoms with E-state index >= 15 is 0 Å². The number of benzene rings is 2. The summed E-state index contributed by atoms with van der Waals surface area (Å²) in [6.45, 7) is 3.47. The highest BCUT2D eigenvalue weighted by atomic mass is 19.1. The number of allylic oxidation sites excluding steroid dienone is 1. The molecule has 0 fully saturated rings. The van der Waals surface area contributed by atoms with Crippen molar-refractivity contribution in [2.75, 3.05) is 6.61 Å². The molecule has 0 N–H and O–H groups in total. The lowest BCUT2D eigenvalue weighted by Gasteiger charge is -2.34. The van der Waals surface area contributed by atoms with E-state index < -0.39 is 22.6 Å². The van der Waals surface area contributed by atoms with Crippen LogP contribution in [0.3, 0.4) is 0 Å². The normalized spacial score (nSPS) is 16.6. The van der Waals surface area contributed by atoms with Crippen molar-refractivity contribution in [2.45, 2.75) is 32.7 Å². The highest BCUT2D eigenvalue weighted by Crippen LogP contribution is 2.38. The molecule has 0 aromatic heterocycles. The van der Waals surface area contributed by atoms with Gasteiger partial charge in [0.05, 0.1) is 23.6 Å². The Labute approximate surface area is 172 Å². The van der Waals surface area contributed by atoms with Crippen LogP contribution in [-0.2, 0) is 20.9 Å². The van der Waals surface area contributed by atoms with Crippen LogP contribution in [0.25, 0.3) is 0 Å². The number of non-ortho nitro benzene ring substituents is 1. The standard InChI is InChI=1S/C22H21FN2O5/c1-3-30-22(27)21-14(2)24(13-15-7-6-8-16(11-15)25(28)29)20(26)12-18(21)17-9-4-5-10-19(17)23/h4-11,18H,3,12-13H2,1-2H3/t18-/m0/s1. The molecule has 2 aromatic rings. The van der Waals surface area contributed by atoms with Crippen molar-refractivity contribution >= 4 is 17.6 Å². The van der Waals surface area contributed by atoms with Crippen LogP contribution >= 0.6 is 0 Å². The fourth-order valence-electron chi connectivity index (χ4n) is 3.65. The van der Waals surface area contributed by atoms with Crippen LogP contribution in [0.15, 0.2) is 59.8 Å². The van der Waals surface area contributed by atoms with Gasteiger partial charge in [-0.05, 0) is 31.0 Å². The highest BCUT2D eigenvalue weighted by molar-refractivity contribution is 5.95. The molecule has 1 amide bonds. The van der Waals surface area contributed by atoms with E-state index in [2.05, 4.69) is 0 Å². The number of carbonyl (C=O) groups is 2. The van der Waals surface area contributed by atoms with Gasteiger partial charge in [-0.15, -0.1) is 0 Å². The second kappa shape index (κ2) is 8.86. The van der Waals surface area contributed by atoms with E-state index in [1.54, 1.807) is 38.1 Å². The van der Waals surface area contributed by atoms with Gasteiger partial charge in [-0.2, -0.15) is 0 Å². The fourth-order valence-corrected chi connectivity index (χ4v) is 3.65. The van der Waals surface area contributed by atoms with E-state index in [0.29, 0.717) is 11.3 Å². The molecule has 1 aliphatic rings. The van der Waals surface area contributed by atoms with Crippen molar-refractivity contribution in [3.63, 3.8) is 0 Å². The summed E-state index contributed by atoms with van der Waals surface area (Å²) in [5.41, 5.74) is 1.28. The molecule has 8 heteroatoms. The van der Waals surface area contributed by atoms with Gasteiger partial charge in [-0.1, -0.05) is 30.3 Å². The Balaban J connectivity index is 2.04. The lowest BCUT2D eigenvalue weighted by molar-refractivity contribution is -0.384. The molecule has 7 nitrogen and oxygen atoms in total. The van der Waals surface area contributed by atoms with Crippen LogP contribution in [0.5, 0.6) is 0 Å². The predicted octanol–water partition coefficient (Wildman–Crippen LogP) is 4.09. The van der Waals surface area contributed by atoms with E-state index in [-0.39, 0.29) is 42.3 Å². The van der Waals surface area contributed by atoms with Crippen LogP contribution < -0.4 is 0 Å². The van der Waals surface area contributed by atoms with E-state index in [0.717, 1.165) is 0 Å². The Bertz CT molecular complexity index is 1030. The second-order valence-corrected chi connectivity index (χ2v) is 6.90. The molecular formula is C22H21FN2O5. The fraction of sp³-hybridized carbons (Fsp3) is 0.273. The third-order valence-electron chi connectivity index (χ3n) is 5.06. The summed E-state index contributed by atoms with van der Waals surface area (Å²) in [6, 6.07) is 12.0. The van der Waals surface area contributed by atoms with Crippen LogP contribution in [0.4, 0.5) is 10.1 Å². The third kappa shape index (κ3) is 4.22. The molecule has 1 heterocycles. The Morgan fingerprint density at radius 2 is 2.00 bits per heavy atom. The number of nitro benzene ring substituents is 1. The van der Waals surface area contributed by atoms with E-state index in [1.807, 2.05) is 0 Å². The summed E-state index contributed by atoms with van der Waals surface area (Å²) >= 11 is 0. The number of hydrogen-bond acceptors (Lipinski definition) is 5. The SMILES string of the molecule is CCOC(=O)C1=C(C)N(Cc2cccc([N+](=O)[O-])c2)C(=O)C[C@H]1c1ccccc1F. The number of halogens is 1. The van der Waals surface area contributed by atoms with Gasteiger partial charge >= 0.3 is 5.97 Å². The molecule has 0 bridgehead atoms. The molecule has 30 heavy (non-hydrogen) atoms. The van der Waals surface area contributed by atoms with Gasteiger partial charge in [0.25, 0.3) is 5.69 Å². The lowest BCUT2D eigenvalue weighted by Crippen LogP contribution is -2.38. The van der Waals surface area contributed by atoms with Crippen molar-refractivity contribution in [2.24, 2.45) is 0 Å². The number of ether oxygens (including phenoxy) is 1. The van der Waals surface area contributed by atoms with Gasteiger partial charge in [0, 0.05) is 30.2 Å². The average molecular weight is 412 g/mol. The zero-order chi connectivity index (χ0) is 21.8. The number of esters is 1. The van der Waals surface area contributed by atoms with Gasteiger partial charge in [0.15, 0.2) is 0 Å². The summed E-state index contributed by atoms with van der Waals surface area (Å²) in [4.78, 5) is 37.6. The smallest absolute Gasteiger partial charge is 0.336 e. The Morgan fingerprint density at radius 3 is 2.67 bits per heavy atom. The van der Waals surface area contributed by atoms with Gasteiger partial charge < -0.3 is 9.64 Å². The number of nitro groups is 1. The average Bonchev–Trinajstić information content (AvgIpc) is 2.71. The van der Waals surface area contributed by atoms with Crippen molar-refractivity contribution in [1.82, 2.24) is 4.90 Å². The number of carbonyl (C=O) groups excluding carboxylic acids is 2. The summed E-state index contributed by atoms with van der Waals surface area (Å²) in [6.07, 6.45) is -0.110. The molecule has 0 unspecified atom stereocenters. The third-order valence-corrected chi connectivity index (χ3v) is 5.06. The van der Waals surface area contributed by atoms with Crippen LogP contribution in [0.2, 0.25) is 0 Å². The molecule has 2 aromatic carbocycles. The van der Waals surface area contributed by atoms with Crippen molar-refractivity contribution < 1.29 is 23.6 Å². The molecule has 3 rings (SSSR count). The highest BCUT2D eigenvalue weighted by Gasteiger charge is 2.38. The number of nitrogens with zero attached hydrogens (tertiary/aromatic N) is 2. The number of hydrogen-bond donors (Lipinski definition) is 0. The van der Waals surface area contributed by atoms with Gasteiger partial charge in [-0.3, -0.25) is 14.9 Å². The van der Waals surface area contributed by atoms with Crippen molar-refractivity contribution in [3.8, 4) is 0 Å². The summed E-state index contributed by atoms with van der Waals surface area (Å²) in [5.74, 6) is -2.18. The first-order valence-electron chi connectivity index (χ1n) is 9.49. The monoisotopic (exact) mass is 412 g/mol. The van der Waals surface area contributed by atoms with Gasteiger partial charge in [0.1, 0.15) is 5.82 Å². The quantitative estimate of drug-likeness (QED) is 0.405. The number of rotatable bonds is 6. The molecule has 0 radical (unpaired) electrons. The minimum Gasteiger partial charge on any atom is -0.463 e. The molecular weight excluding hydrogens is 391 g/mol. The molecule has 0 aliphatic carbocycles. The van der Waals surface area contributed by atoms with Crippen LogP contribution in [-0.4, -0.2) is 28.3 Å². The minimum absolute atomic E-state index is 0.0548. The Morgan fingerprint density at radius 1 is 1.27 bits per heavy atom. The first-order chi connectivity index (χ1) is 14.3. The summed E-state index contributed by atoms with van der Waals surface area (Å²) in [5, 5.41) is 11.0. The maximum absolute atomic E-state index is 14.5. The predicted molar refractivity (Wildman–Crippen MR) is 107 cm³/mol. The molecule has 156 valence electrons. The molecule has 0 saturated carbocycles. The van der Waals surface area contributed by atoms with E-state index in [9.17, 15) is 24.1 Å². The number of amides is 1. The van der Waals surface area contributed by atoms with Crippen LogP contribution in [0, 0.1) is 15.9 Å². The Kier molecular flexibility index (Phi) is 6.25. The molecule has 0 saturated heterocycles. The molecule has 1 atom stereocenters. The first-order valence-corrected chi connectivity index (χ1v) is 9.49. The molecule has 1 aliphatic heterocycles. The van der Waals surface area contributed by atoms with Crippen LogP contribution in [0.1, 0.15) is 37.3 Å². The topological polar surface area (TPSA) is 89.8 Å². The molecule has 0 spiro atoms. The summed E-state index contributed by atoms with van der Waals surface area (Å²) in [7, 11) is 0. The van der Waals surface area contributed by atoms with E-state index in [4.69, 9.17) is 4.74 Å². The zero-order valence-electron chi connectivity index (χ0n) is 16.6. The van der Waals surface area contributed by atoms with Gasteiger partial charge in [-0.25, -0.2) is 9.18 Å². The largest absolute Gasteiger partial charge is 0.463 e. The Hall–Kier alpha value is -3.55.